The summed E-state index contributed by atoms with van der Waals surface area (Å²) in [6, 6.07) is 9.44. The molecule has 1 aromatic carbocycles. The van der Waals surface area contributed by atoms with Crippen LogP contribution in [0, 0.1) is 17.2 Å². The number of nitriles is 1. The average Bonchev–Trinajstić information content (AvgIpc) is 2.59. The van der Waals surface area contributed by atoms with Gasteiger partial charge in [-0.25, -0.2) is 4.98 Å². The second-order valence-corrected chi connectivity index (χ2v) is 6.80. The minimum absolute atomic E-state index is 0.0449. The van der Waals surface area contributed by atoms with Crippen molar-refractivity contribution < 1.29 is 0 Å². The molecular weight excluding hydrogens is 300 g/mol. The maximum atomic E-state index is 12.7. The fourth-order valence-electron chi connectivity index (χ4n) is 3.68. The summed E-state index contributed by atoms with van der Waals surface area (Å²) >= 11 is 0. The molecule has 5 nitrogen and oxygen atoms in total. The van der Waals surface area contributed by atoms with E-state index in [1.165, 1.54) is 36.7 Å². The summed E-state index contributed by atoms with van der Waals surface area (Å²) in [6.45, 7) is 1.66. The van der Waals surface area contributed by atoms with Gasteiger partial charge in [0.2, 0.25) is 0 Å². The molecule has 5 heteroatoms. The maximum Gasteiger partial charge on any atom is 0.262 e. The third-order valence-corrected chi connectivity index (χ3v) is 4.88. The van der Waals surface area contributed by atoms with Gasteiger partial charge in [0.15, 0.2) is 0 Å². The third-order valence-electron chi connectivity index (χ3n) is 4.88. The summed E-state index contributed by atoms with van der Waals surface area (Å²) in [7, 11) is 2.08. The van der Waals surface area contributed by atoms with Gasteiger partial charge in [0.1, 0.15) is 12.4 Å². The van der Waals surface area contributed by atoms with E-state index in [1.54, 1.807) is 6.07 Å². The van der Waals surface area contributed by atoms with E-state index >= 15 is 0 Å². The molecule has 0 bridgehead atoms. The predicted octanol–water partition coefficient (Wildman–Crippen LogP) is 2.93. The van der Waals surface area contributed by atoms with E-state index in [2.05, 4.69) is 23.0 Å². The van der Waals surface area contributed by atoms with E-state index in [1.807, 2.05) is 18.2 Å². The highest BCUT2D eigenvalue weighted by Crippen LogP contribution is 2.24. The van der Waals surface area contributed by atoms with Gasteiger partial charge in [-0.1, -0.05) is 31.4 Å². The lowest BCUT2D eigenvalue weighted by atomic mass is 9.89. The van der Waals surface area contributed by atoms with Crippen LogP contribution in [0.15, 0.2) is 29.1 Å². The van der Waals surface area contributed by atoms with Crippen molar-refractivity contribution in [2.24, 2.45) is 5.92 Å². The predicted molar refractivity (Wildman–Crippen MR) is 94.5 cm³/mol. The largest absolute Gasteiger partial charge is 0.299 e. The Labute approximate surface area is 142 Å². The van der Waals surface area contributed by atoms with Crippen molar-refractivity contribution >= 4 is 10.9 Å². The number of hydrogen-bond donors (Lipinski definition) is 0. The second-order valence-electron chi connectivity index (χ2n) is 6.80. The van der Waals surface area contributed by atoms with Crippen LogP contribution in [0.1, 0.15) is 37.9 Å². The Kier molecular flexibility index (Phi) is 5.27. The van der Waals surface area contributed by atoms with Crippen LogP contribution in [-0.2, 0) is 13.1 Å². The van der Waals surface area contributed by atoms with Crippen molar-refractivity contribution in [2.75, 3.05) is 13.6 Å². The number of benzene rings is 1. The third kappa shape index (κ3) is 3.65. The number of rotatable bonds is 5. The fraction of sp³-hybridized carbons (Fsp3) is 0.526. The van der Waals surface area contributed by atoms with Gasteiger partial charge >= 0.3 is 0 Å². The van der Waals surface area contributed by atoms with E-state index in [4.69, 9.17) is 5.26 Å². The van der Waals surface area contributed by atoms with Crippen molar-refractivity contribution in [3.05, 3.63) is 40.4 Å². The number of hydrogen-bond acceptors (Lipinski definition) is 4. The Morgan fingerprint density at radius 3 is 2.79 bits per heavy atom. The molecule has 126 valence electrons. The number of fused-ring (bicyclic) bond motifs is 1. The maximum absolute atomic E-state index is 12.7. The lowest BCUT2D eigenvalue weighted by Gasteiger charge is -2.27. The SMILES string of the molecule is CN(Cc1nc2ccccc2c(=O)n1CC#N)CC1CCCCC1. The lowest BCUT2D eigenvalue weighted by Crippen LogP contribution is -2.32. The van der Waals surface area contributed by atoms with Crippen molar-refractivity contribution in [1.82, 2.24) is 14.5 Å². The first-order chi connectivity index (χ1) is 11.7. The molecule has 0 amide bonds. The average molecular weight is 324 g/mol. The van der Waals surface area contributed by atoms with Crippen LogP contribution in [0.2, 0.25) is 0 Å². The van der Waals surface area contributed by atoms with E-state index in [0.717, 1.165) is 12.5 Å². The zero-order valence-corrected chi connectivity index (χ0v) is 14.2. The molecule has 0 atom stereocenters. The van der Waals surface area contributed by atoms with Gasteiger partial charge in [-0.15, -0.1) is 0 Å². The van der Waals surface area contributed by atoms with Crippen LogP contribution in [0.3, 0.4) is 0 Å². The molecule has 1 saturated carbocycles. The topological polar surface area (TPSA) is 61.9 Å². The first-order valence-corrected chi connectivity index (χ1v) is 8.73. The number of nitrogens with zero attached hydrogens (tertiary/aromatic N) is 4. The zero-order valence-electron chi connectivity index (χ0n) is 14.2. The highest BCUT2D eigenvalue weighted by Gasteiger charge is 2.17. The second kappa shape index (κ2) is 7.59. The standard InChI is InChI=1S/C19H24N4O/c1-22(13-15-7-3-2-4-8-15)14-18-21-17-10-6-5-9-16(17)19(24)23(18)12-11-20/h5-6,9-10,15H,2-4,7-8,12-14H2,1H3. The Balaban J connectivity index is 1.85. The monoisotopic (exact) mass is 324 g/mol. The van der Waals surface area contributed by atoms with Crippen LogP contribution in [0.4, 0.5) is 0 Å². The molecule has 3 rings (SSSR count). The first-order valence-electron chi connectivity index (χ1n) is 8.73. The summed E-state index contributed by atoms with van der Waals surface area (Å²) in [5, 5.41) is 9.66. The van der Waals surface area contributed by atoms with Gasteiger partial charge in [0.05, 0.1) is 23.5 Å². The van der Waals surface area contributed by atoms with Crippen molar-refractivity contribution in [2.45, 2.75) is 45.2 Å². The first kappa shape index (κ1) is 16.7. The normalized spacial score (nSPS) is 15.7. The minimum atomic E-state index is -0.122. The molecule has 1 fully saturated rings. The fourth-order valence-corrected chi connectivity index (χ4v) is 3.68. The summed E-state index contributed by atoms with van der Waals surface area (Å²) in [5.41, 5.74) is 0.584. The summed E-state index contributed by atoms with van der Waals surface area (Å²) in [5.74, 6) is 1.42. The molecule has 24 heavy (non-hydrogen) atoms. The van der Waals surface area contributed by atoms with Gasteiger partial charge in [0, 0.05) is 6.54 Å². The Bertz CT molecular complexity index is 799. The molecule has 0 radical (unpaired) electrons. The van der Waals surface area contributed by atoms with Crippen LogP contribution in [0.5, 0.6) is 0 Å². The molecule has 0 N–H and O–H groups in total. The Morgan fingerprint density at radius 2 is 2.04 bits per heavy atom. The zero-order chi connectivity index (χ0) is 16.9. The Morgan fingerprint density at radius 1 is 1.29 bits per heavy atom. The van der Waals surface area contributed by atoms with Crippen LogP contribution in [-0.4, -0.2) is 28.0 Å². The molecule has 0 saturated heterocycles. The van der Waals surface area contributed by atoms with E-state index in [9.17, 15) is 4.79 Å². The molecule has 1 aliphatic carbocycles. The molecule has 2 aromatic rings. The Hall–Kier alpha value is -2.19. The quantitative estimate of drug-likeness (QED) is 0.848. The number of para-hydroxylation sites is 1. The van der Waals surface area contributed by atoms with Crippen molar-refractivity contribution in [3.8, 4) is 6.07 Å². The van der Waals surface area contributed by atoms with Crippen LogP contribution >= 0.6 is 0 Å². The minimum Gasteiger partial charge on any atom is -0.299 e. The molecule has 0 aliphatic heterocycles. The van der Waals surface area contributed by atoms with Crippen molar-refractivity contribution in [3.63, 3.8) is 0 Å². The molecule has 1 heterocycles. The number of aromatic nitrogens is 2. The molecule has 0 spiro atoms. The van der Waals surface area contributed by atoms with Gasteiger partial charge in [-0.3, -0.25) is 14.3 Å². The van der Waals surface area contributed by atoms with Gasteiger partial charge in [-0.05, 0) is 37.9 Å². The summed E-state index contributed by atoms with van der Waals surface area (Å²) in [4.78, 5) is 19.6. The van der Waals surface area contributed by atoms with Gasteiger partial charge in [-0.2, -0.15) is 5.26 Å². The molecular formula is C19H24N4O. The summed E-state index contributed by atoms with van der Waals surface area (Å²) in [6.07, 6.45) is 6.59. The van der Waals surface area contributed by atoms with Gasteiger partial charge in [0.25, 0.3) is 5.56 Å². The lowest BCUT2D eigenvalue weighted by molar-refractivity contribution is 0.222. The highest BCUT2D eigenvalue weighted by molar-refractivity contribution is 5.77. The summed E-state index contributed by atoms with van der Waals surface area (Å²) < 4.78 is 1.51. The smallest absolute Gasteiger partial charge is 0.262 e. The molecule has 0 unspecified atom stereocenters. The molecule has 1 aliphatic rings. The van der Waals surface area contributed by atoms with Crippen LogP contribution in [0.25, 0.3) is 10.9 Å². The molecule has 1 aromatic heterocycles. The van der Waals surface area contributed by atoms with Crippen LogP contribution < -0.4 is 5.56 Å². The van der Waals surface area contributed by atoms with E-state index in [0.29, 0.717) is 23.3 Å². The van der Waals surface area contributed by atoms with Gasteiger partial charge < -0.3 is 0 Å². The van der Waals surface area contributed by atoms with E-state index in [-0.39, 0.29) is 12.1 Å². The van der Waals surface area contributed by atoms with Crippen molar-refractivity contribution in [1.29, 1.82) is 5.26 Å². The highest BCUT2D eigenvalue weighted by atomic mass is 16.1. The van der Waals surface area contributed by atoms with E-state index < -0.39 is 0 Å².